The van der Waals surface area contributed by atoms with Crippen LogP contribution in [0.25, 0.3) is 0 Å². The lowest BCUT2D eigenvalue weighted by Gasteiger charge is -2.18. The van der Waals surface area contributed by atoms with E-state index < -0.39 is 0 Å². The largest absolute Gasteiger partial charge is 0.508 e. The molecule has 100 valence electrons. The van der Waals surface area contributed by atoms with Crippen molar-refractivity contribution in [2.45, 2.75) is 25.2 Å². The maximum absolute atomic E-state index is 9.42. The van der Waals surface area contributed by atoms with Crippen LogP contribution in [0.5, 0.6) is 5.75 Å². The molecule has 1 fully saturated rings. The molecule has 2 heterocycles. The average molecular weight is 260 g/mol. The Labute approximate surface area is 111 Å². The molecule has 5 nitrogen and oxygen atoms in total. The normalized spacial score (nSPS) is 16.6. The van der Waals surface area contributed by atoms with Gasteiger partial charge in [0.2, 0.25) is 5.89 Å². The van der Waals surface area contributed by atoms with Crippen LogP contribution in [0.1, 0.15) is 36.0 Å². The number of phenolic OH excluding ortho intramolecular Hbond substituents is 1. The minimum Gasteiger partial charge on any atom is -0.508 e. The molecule has 2 aromatic rings. The van der Waals surface area contributed by atoms with Crippen LogP contribution in [-0.4, -0.2) is 28.5 Å². The number of nitrogens with zero attached hydrogens (tertiary/aromatic N) is 2. The highest BCUT2D eigenvalue weighted by Crippen LogP contribution is 2.24. The van der Waals surface area contributed by atoms with E-state index in [9.17, 15) is 5.11 Å². The van der Waals surface area contributed by atoms with Crippen LogP contribution in [-0.2, 0) is 11.2 Å². The van der Waals surface area contributed by atoms with Crippen LogP contribution >= 0.6 is 0 Å². The summed E-state index contributed by atoms with van der Waals surface area (Å²) in [4.78, 5) is 4.44. The van der Waals surface area contributed by atoms with Crippen molar-refractivity contribution in [2.24, 2.45) is 0 Å². The van der Waals surface area contributed by atoms with Gasteiger partial charge in [0.15, 0.2) is 5.82 Å². The Hall–Kier alpha value is -1.88. The van der Waals surface area contributed by atoms with Gasteiger partial charge in [0.1, 0.15) is 5.75 Å². The van der Waals surface area contributed by atoms with Crippen LogP contribution in [0.3, 0.4) is 0 Å². The quantitative estimate of drug-likeness (QED) is 0.916. The van der Waals surface area contributed by atoms with Gasteiger partial charge in [-0.3, -0.25) is 0 Å². The van der Waals surface area contributed by atoms with Gasteiger partial charge in [-0.15, -0.1) is 0 Å². The first-order valence-electron chi connectivity index (χ1n) is 6.49. The number of rotatable bonds is 3. The topological polar surface area (TPSA) is 68.4 Å². The van der Waals surface area contributed by atoms with Crippen LogP contribution in [0.2, 0.25) is 0 Å². The summed E-state index contributed by atoms with van der Waals surface area (Å²) in [6.45, 7) is 1.53. The van der Waals surface area contributed by atoms with E-state index in [2.05, 4.69) is 10.1 Å². The van der Waals surface area contributed by atoms with Gasteiger partial charge in [0.05, 0.1) is 6.42 Å². The van der Waals surface area contributed by atoms with Crippen molar-refractivity contribution in [3.63, 3.8) is 0 Å². The van der Waals surface area contributed by atoms with E-state index in [1.807, 2.05) is 6.07 Å². The van der Waals surface area contributed by atoms with Gasteiger partial charge in [0, 0.05) is 19.1 Å². The third-order valence-electron chi connectivity index (χ3n) is 3.34. The number of aromatic hydroxyl groups is 1. The van der Waals surface area contributed by atoms with E-state index in [0.717, 1.165) is 37.4 Å². The monoisotopic (exact) mass is 260 g/mol. The van der Waals surface area contributed by atoms with E-state index in [1.165, 1.54) is 0 Å². The number of aromatic nitrogens is 2. The fourth-order valence-corrected chi connectivity index (χ4v) is 2.30. The minimum atomic E-state index is 0.252. The molecule has 3 rings (SSSR count). The second-order valence-electron chi connectivity index (χ2n) is 4.78. The van der Waals surface area contributed by atoms with Crippen molar-refractivity contribution < 1.29 is 14.4 Å². The van der Waals surface area contributed by atoms with Crippen molar-refractivity contribution in [1.82, 2.24) is 10.1 Å². The Kier molecular flexibility index (Phi) is 3.46. The molecule has 19 heavy (non-hydrogen) atoms. The van der Waals surface area contributed by atoms with Crippen molar-refractivity contribution in [2.75, 3.05) is 13.2 Å². The SMILES string of the molecule is Oc1cccc(Cc2nc(C3CCOCC3)no2)c1. The molecule has 1 aromatic carbocycles. The lowest BCUT2D eigenvalue weighted by molar-refractivity contribution is 0.0830. The summed E-state index contributed by atoms with van der Waals surface area (Å²) < 4.78 is 10.6. The molecule has 0 spiro atoms. The molecule has 0 unspecified atom stereocenters. The zero-order valence-corrected chi connectivity index (χ0v) is 10.6. The van der Waals surface area contributed by atoms with Crippen molar-refractivity contribution in [3.8, 4) is 5.75 Å². The van der Waals surface area contributed by atoms with Crippen LogP contribution in [0.4, 0.5) is 0 Å². The fourth-order valence-electron chi connectivity index (χ4n) is 2.30. The second-order valence-corrected chi connectivity index (χ2v) is 4.78. The molecule has 0 amide bonds. The third-order valence-corrected chi connectivity index (χ3v) is 3.34. The summed E-state index contributed by atoms with van der Waals surface area (Å²) in [5, 5.41) is 13.5. The highest BCUT2D eigenvalue weighted by atomic mass is 16.5. The average Bonchev–Trinajstić information content (AvgIpc) is 2.88. The predicted molar refractivity (Wildman–Crippen MR) is 68.0 cm³/mol. The van der Waals surface area contributed by atoms with E-state index in [4.69, 9.17) is 9.26 Å². The molecule has 0 atom stereocenters. The first-order valence-corrected chi connectivity index (χ1v) is 6.49. The Morgan fingerprint density at radius 1 is 1.26 bits per heavy atom. The number of benzene rings is 1. The van der Waals surface area contributed by atoms with Gasteiger partial charge in [-0.1, -0.05) is 17.3 Å². The highest BCUT2D eigenvalue weighted by Gasteiger charge is 2.21. The molecular weight excluding hydrogens is 244 g/mol. The fraction of sp³-hybridized carbons (Fsp3) is 0.429. The van der Waals surface area contributed by atoms with E-state index in [0.29, 0.717) is 18.2 Å². The summed E-state index contributed by atoms with van der Waals surface area (Å²) in [7, 11) is 0. The zero-order chi connectivity index (χ0) is 13.1. The van der Waals surface area contributed by atoms with Crippen molar-refractivity contribution in [3.05, 3.63) is 41.5 Å². The molecular formula is C14H16N2O3. The predicted octanol–water partition coefficient (Wildman–Crippen LogP) is 2.26. The lowest BCUT2D eigenvalue weighted by atomic mass is 10.00. The van der Waals surface area contributed by atoms with Gasteiger partial charge in [0.25, 0.3) is 0 Å². The smallest absolute Gasteiger partial charge is 0.231 e. The maximum atomic E-state index is 9.42. The number of phenols is 1. The van der Waals surface area contributed by atoms with Crippen LogP contribution < -0.4 is 0 Å². The first-order chi connectivity index (χ1) is 9.31. The van der Waals surface area contributed by atoms with Crippen LogP contribution in [0.15, 0.2) is 28.8 Å². The molecule has 0 saturated carbocycles. The van der Waals surface area contributed by atoms with Gasteiger partial charge < -0.3 is 14.4 Å². The molecule has 1 aliphatic rings. The maximum Gasteiger partial charge on any atom is 0.231 e. The Morgan fingerprint density at radius 2 is 2.11 bits per heavy atom. The third kappa shape index (κ3) is 2.93. The van der Waals surface area contributed by atoms with Crippen molar-refractivity contribution >= 4 is 0 Å². The molecule has 1 aromatic heterocycles. The molecule has 5 heteroatoms. The lowest BCUT2D eigenvalue weighted by Crippen LogP contribution is -2.15. The molecule has 1 aliphatic heterocycles. The number of hydrogen-bond donors (Lipinski definition) is 1. The van der Waals surface area contributed by atoms with E-state index >= 15 is 0 Å². The van der Waals surface area contributed by atoms with Gasteiger partial charge in [-0.25, -0.2) is 0 Å². The number of ether oxygens (including phenoxy) is 1. The summed E-state index contributed by atoms with van der Waals surface area (Å²) in [6.07, 6.45) is 2.45. The second kappa shape index (κ2) is 5.40. The summed E-state index contributed by atoms with van der Waals surface area (Å²) in [6, 6.07) is 7.08. The Bertz CT molecular complexity index is 547. The summed E-state index contributed by atoms with van der Waals surface area (Å²) in [5.41, 5.74) is 0.960. The van der Waals surface area contributed by atoms with Crippen LogP contribution in [0, 0.1) is 0 Å². The minimum absolute atomic E-state index is 0.252. The molecule has 1 saturated heterocycles. The number of hydrogen-bond acceptors (Lipinski definition) is 5. The van der Waals surface area contributed by atoms with E-state index in [-0.39, 0.29) is 5.75 Å². The summed E-state index contributed by atoms with van der Waals surface area (Å²) in [5.74, 6) is 1.96. The molecule has 0 bridgehead atoms. The van der Waals surface area contributed by atoms with Gasteiger partial charge >= 0.3 is 0 Å². The molecule has 0 aliphatic carbocycles. The zero-order valence-electron chi connectivity index (χ0n) is 10.6. The Morgan fingerprint density at radius 3 is 2.89 bits per heavy atom. The van der Waals surface area contributed by atoms with Gasteiger partial charge in [-0.2, -0.15) is 4.98 Å². The standard InChI is InChI=1S/C14H16N2O3/c17-12-3-1-2-10(8-12)9-13-15-14(16-19-13)11-4-6-18-7-5-11/h1-3,8,11,17H,4-7,9H2. The molecule has 1 N–H and O–H groups in total. The first kappa shape index (κ1) is 12.2. The Balaban J connectivity index is 1.70. The molecule has 0 radical (unpaired) electrons. The van der Waals surface area contributed by atoms with Crippen molar-refractivity contribution in [1.29, 1.82) is 0 Å². The summed E-state index contributed by atoms with van der Waals surface area (Å²) >= 11 is 0. The van der Waals surface area contributed by atoms with Gasteiger partial charge in [-0.05, 0) is 30.5 Å². The van der Waals surface area contributed by atoms with E-state index in [1.54, 1.807) is 18.2 Å². The highest BCUT2D eigenvalue weighted by molar-refractivity contribution is 5.28.